The van der Waals surface area contributed by atoms with Gasteiger partial charge in [-0.15, -0.1) is 11.3 Å². The molecule has 0 aliphatic carbocycles. The van der Waals surface area contributed by atoms with Gasteiger partial charge in [0, 0.05) is 10.4 Å². The SMILES string of the molecule is CCCc1nc(CN2C(=O)C(=O)c3cc(Cl)ccc32)cs1. The second-order valence-electron chi connectivity index (χ2n) is 4.86. The summed E-state index contributed by atoms with van der Waals surface area (Å²) in [7, 11) is 0. The predicted molar refractivity (Wildman–Crippen MR) is 83.1 cm³/mol. The van der Waals surface area contributed by atoms with Crippen LogP contribution in [0.4, 0.5) is 5.69 Å². The van der Waals surface area contributed by atoms with Gasteiger partial charge in [0.25, 0.3) is 11.7 Å². The zero-order valence-electron chi connectivity index (χ0n) is 11.4. The highest BCUT2D eigenvalue weighted by Gasteiger charge is 2.36. The second-order valence-corrected chi connectivity index (χ2v) is 6.24. The molecule has 1 aliphatic heterocycles. The fourth-order valence-electron chi connectivity index (χ4n) is 2.34. The van der Waals surface area contributed by atoms with Crippen LogP contribution in [0.5, 0.6) is 0 Å². The van der Waals surface area contributed by atoms with Gasteiger partial charge in [0.15, 0.2) is 0 Å². The Balaban J connectivity index is 1.89. The number of amides is 1. The summed E-state index contributed by atoms with van der Waals surface area (Å²) < 4.78 is 0. The number of nitrogens with zero attached hydrogens (tertiary/aromatic N) is 2. The Labute approximate surface area is 131 Å². The van der Waals surface area contributed by atoms with Crippen LogP contribution in [0.15, 0.2) is 23.6 Å². The van der Waals surface area contributed by atoms with Crippen LogP contribution in [0.1, 0.15) is 34.4 Å². The van der Waals surface area contributed by atoms with Crippen LogP contribution in [0.25, 0.3) is 0 Å². The number of carbonyl (C=O) groups excluding carboxylic acids is 2. The minimum Gasteiger partial charge on any atom is -0.299 e. The maximum absolute atomic E-state index is 12.1. The number of hydrogen-bond donors (Lipinski definition) is 0. The van der Waals surface area contributed by atoms with Gasteiger partial charge in [0.05, 0.1) is 28.5 Å². The topological polar surface area (TPSA) is 50.3 Å². The molecule has 0 radical (unpaired) electrons. The molecule has 4 nitrogen and oxygen atoms in total. The van der Waals surface area contributed by atoms with E-state index in [4.69, 9.17) is 11.6 Å². The normalized spacial score (nSPS) is 13.9. The lowest BCUT2D eigenvalue weighted by molar-refractivity contribution is -0.114. The molecule has 2 aromatic rings. The van der Waals surface area contributed by atoms with E-state index in [1.807, 2.05) is 5.38 Å². The molecule has 108 valence electrons. The number of fused-ring (bicyclic) bond motifs is 1. The highest BCUT2D eigenvalue weighted by Crippen LogP contribution is 2.32. The Hall–Kier alpha value is -1.72. The molecule has 2 heterocycles. The van der Waals surface area contributed by atoms with Crippen molar-refractivity contribution in [3.8, 4) is 0 Å². The smallest absolute Gasteiger partial charge is 0.299 e. The monoisotopic (exact) mass is 320 g/mol. The molecule has 1 aliphatic rings. The molecule has 1 amide bonds. The molecular weight excluding hydrogens is 308 g/mol. The van der Waals surface area contributed by atoms with E-state index in [0.717, 1.165) is 23.5 Å². The van der Waals surface area contributed by atoms with Crippen LogP contribution < -0.4 is 4.90 Å². The highest BCUT2D eigenvalue weighted by molar-refractivity contribution is 7.09. The summed E-state index contributed by atoms with van der Waals surface area (Å²) in [5, 5.41) is 3.45. The molecule has 0 spiro atoms. The molecule has 0 atom stereocenters. The molecule has 1 aromatic heterocycles. The van der Waals surface area contributed by atoms with Crippen molar-refractivity contribution >= 4 is 40.3 Å². The molecule has 0 bridgehead atoms. The molecule has 3 rings (SSSR count). The first kappa shape index (κ1) is 14.2. The van der Waals surface area contributed by atoms with Crippen LogP contribution in [0, 0.1) is 0 Å². The summed E-state index contributed by atoms with van der Waals surface area (Å²) in [5.41, 5.74) is 1.79. The average Bonchev–Trinajstić information content (AvgIpc) is 2.99. The third-order valence-electron chi connectivity index (χ3n) is 3.32. The van der Waals surface area contributed by atoms with Crippen LogP contribution >= 0.6 is 22.9 Å². The standard InChI is InChI=1S/C15H13ClN2O2S/c1-2-3-13-17-10(8-21-13)7-18-12-5-4-9(16)6-11(12)14(19)15(18)20/h4-6,8H,2-3,7H2,1H3. The van der Waals surface area contributed by atoms with Crippen molar-refractivity contribution in [1.29, 1.82) is 0 Å². The Morgan fingerprint density at radius 3 is 2.90 bits per heavy atom. The first-order valence-electron chi connectivity index (χ1n) is 6.69. The Morgan fingerprint density at radius 2 is 2.14 bits per heavy atom. The quantitative estimate of drug-likeness (QED) is 0.810. The van der Waals surface area contributed by atoms with E-state index in [1.54, 1.807) is 29.5 Å². The number of Topliss-reactive ketones (excluding diaryl/α,β-unsaturated/α-hetero) is 1. The summed E-state index contributed by atoms with van der Waals surface area (Å²) in [6, 6.07) is 4.93. The van der Waals surface area contributed by atoms with E-state index in [1.165, 1.54) is 4.90 Å². The summed E-state index contributed by atoms with van der Waals surface area (Å²) >= 11 is 7.48. The third kappa shape index (κ3) is 2.59. The zero-order valence-corrected chi connectivity index (χ0v) is 13.0. The summed E-state index contributed by atoms with van der Waals surface area (Å²) in [6.07, 6.45) is 1.97. The van der Waals surface area contributed by atoms with Crippen LogP contribution in [-0.4, -0.2) is 16.7 Å². The van der Waals surface area contributed by atoms with E-state index in [9.17, 15) is 9.59 Å². The third-order valence-corrected chi connectivity index (χ3v) is 4.51. The average molecular weight is 321 g/mol. The number of hydrogen-bond acceptors (Lipinski definition) is 4. The lowest BCUT2D eigenvalue weighted by Gasteiger charge is -2.14. The predicted octanol–water partition coefficient (Wildman–Crippen LogP) is 3.48. The van der Waals surface area contributed by atoms with E-state index in [0.29, 0.717) is 22.8 Å². The van der Waals surface area contributed by atoms with Crippen LogP contribution in [-0.2, 0) is 17.8 Å². The fourth-order valence-corrected chi connectivity index (χ4v) is 3.41. The largest absolute Gasteiger partial charge is 0.299 e. The molecular formula is C15H13ClN2O2S. The second kappa shape index (κ2) is 5.58. The molecule has 1 aromatic carbocycles. The summed E-state index contributed by atoms with van der Waals surface area (Å²) in [4.78, 5) is 30.1. The zero-order chi connectivity index (χ0) is 15.0. The van der Waals surface area contributed by atoms with E-state index in [-0.39, 0.29) is 0 Å². The van der Waals surface area contributed by atoms with Gasteiger partial charge in [-0.1, -0.05) is 18.5 Å². The number of benzene rings is 1. The number of ketones is 1. The van der Waals surface area contributed by atoms with Crippen molar-refractivity contribution in [3.05, 3.63) is 44.9 Å². The van der Waals surface area contributed by atoms with Crippen molar-refractivity contribution in [2.75, 3.05) is 4.90 Å². The first-order chi connectivity index (χ1) is 10.1. The minimum absolute atomic E-state index is 0.319. The van der Waals surface area contributed by atoms with E-state index in [2.05, 4.69) is 11.9 Å². The molecule has 0 unspecified atom stereocenters. The molecule has 0 N–H and O–H groups in total. The van der Waals surface area contributed by atoms with Crippen molar-refractivity contribution in [1.82, 2.24) is 4.98 Å². The Kier molecular flexibility index (Phi) is 3.78. The van der Waals surface area contributed by atoms with Crippen molar-refractivity contribution in [3.63, 3.8) is 0 Å². The lowest BCUT2D eigenvalue weighted by Crippen LogP contribution is -2.29. The maximum atomic E-state index is 12.1. The lowest BCUT2D eigenvalue weighted by atomic mass is 10.1. The molecule has 21 heavy (non-hydrogen) atoms. The van der Waals surface area contributed by atoms with Gasteiger partial charge in [-0.05, 0) is 31.0 Å². The van der Waals surface area contributed by atoms with Crippen molar-refractivity contribution < 1.29 is 9.59 Å². The molecule has 6 heteroatoms. The fraction of sp³-hybridized carbons (Fsp3) is 0.267. The molecule has 0 saturated heterocycles. The maximum Gasteiger partial charge on any atom is 0.299 e. The van der Waals surface area contributed by atoms with Crippen LogP contribution in [0.3, 0.4) is 0 Å². The molecule has 0 fully saturated rings. The van der Waals surface area contributed by atoms with Crippen LogP contribution in [0.2, 0.25) is 5.02 Å². The number of aromatic nitrogens is 1. The van der Waals surface area contributed by atoms with E-state index < -0.39 is 11.7 Å². The summed E-state index contributed by atoms with van der Waals surface area (Å²) in [6.45, 7) is 2.42. The summed E-state index contributed by atoms with van der Waals surface area (Å²) in [5.74, 6) is -1.02. The minimum atomic E-state index is -0.516. The number of anilines is 1. The van der Waals surface area contributed by atoms with Gasteiger partial charge >= 0.3 is 0 Å². The Morgan fingerprint density at radius 1 is 1.33 bits per heavy atom. The van der Waals surface area contributed by atoms with Gasteiger partial charge in [-0.2, -0.15) is 0 Å². The van der Waals surface area contributed by atoms with Crippen molar-refractivity contribution in [2.24, 2.45) is 0 Å². The van der Waals surface area contributed by atoms with Gasteiger partial charge in [0.1, 0.15) is 0 Å². The number of rotatable bonds is 4. The van der Waals surface area contributed by atoms with E-state index >= 15 is 0 Å². The Bertz CT molecular complexity index is 726. The highest BCUT2D eigenvalue weighted by atomic mass is 35.5. The van der Waals surface area contributed by atoms with Gasteiger partial charge < -0.3 is 0 Å². The first-order valence-corrected chi connectivity index (χ1v) is 7.95. The van der Waals surface area contributed by atoms with Gasteiger partial charge in [-0.3, -0.25) is 14.5 Å². The number of aryl methyl sites for hydroxylation is 1. The van der Waals surface area contributed by atoms with Gasteiger partial charge in [0.2, 0.25) is 0 Å². The van der Waals surface area contributed by atoms with Crippen molar-refractivity contribution in [2.45, 2.75) is 26.3 Å². The molecule has 0 saturated carbocycles. The number of thiazole rings is 1. The number of carbonyl (C=O) groups is 2. The van der Waals surface area contributed by atoms with Gasteiger partial charge in [-0.25, -0.2) is 4.98 Å². The number of halogens is 1.